The summed E-state index contributed by atoms with van der Waals surface area (Å²) in [4.78, 5) is 0. The molecular weight excluding hydrogens is 258 g/mol. The Morgan fingerprint density at radius 3 is 2.89 bits per heavy atom. The van der Waals surface area contributed by atoms with E-state index < -0.39 is 0 Å². The lowest BCUT2D eigenvalue weighted by Gasteiger charge is -2.21. The van der Waals surface area contributed by atoms with Crippen molar-refractivity contribution in [1.82, 2.24) is 0 Å². The van der Waals surface area contributed by atoms with Crippen LogP contribution in [-0.2, 0) is 13.0 Å². The van der Waals surface area contributed by atoms with Crippen LogP contribution in [0.3, 0.4) is 0 Å². The van der Waals surface area contributed by atoms with E-state index >= 15 is 0 Å². The Balaban J connectivity index is 1.79. The van der Waals surface area contributed by atoms with Gasteiger partial charge in [-0.3, -0.25) is 0 Å². The summed E-state index contributed by atoms with van der Waals surface area (Å²) in [6, 6.07) is 13.9. The molecule has 0 atom stereocenters. The van der Waals surface area contributed by atoms with Crippen molar-refractivity contribution in [3.05, 3.63) is 58.6 Å². The van der Waals surface area contributed by atoms with Gasteiger partial charge in [-0.15, -0.1) is 0 Å². The number of rotatable bonds is 3. The monoisotopic (exact) mass is 273 g/mol. The second-order valence-electron chi connectivity index (χ2n) is 4.69. The number of hydrogen-bond acceptors (Lipinski definition) is 2. The molecule has 3 rings (SSSR count). The molecule has 3 heteroatoms. The van der Waals surface area contributed by atoms with Crippen molar-refractivity contribution in [1.29, 1.82) is 0 Å². The second kappa shape index (κ2) is 5.54. The third-order valence-corrected chi connectivity index (χ3v) is 3.72. The summed E-state index contributed by atoms with van der Waals surface area (Å²) in [5.74, 6) is 0.741. The van der Waals surface area contributed by atoms with Gasteiger partial charge in [0, 0.05) is 12.2 Å². The molecule has 0 amide bonds. The summed E-state index contributed by atoms with van der Waals surface area (Å²) in [7, 11) is 0. The average Bonchev–Trinajstić information content (AvgIpc) is 2.46. The lowest BCUT2D eigenvalue weighted by Crippen LogP contribution is -2.14. The van der Waals surface area contributed by atoms with Crippen molar-refractivity contribution in [3.8, 4) is 5.75 Å². The van der Waals surface area contributed by atoms with Gasteiger partial charge in [0.15, 0.2) is 0 Å². The van der Waals surface area contributed by atoms with Crippen molar-refractivity contribution >= 4 is 17.3 Å². The second-order valence-corrected chi connectivity index (χ2v) is 5.10. The molecule has 98 valence electrons. The van der Waals surface area contributed by atoms with Gasteiger partial charge in [-0.2, -0.15) is 0 Å². The number of hydrogen-bond donors (Lipinski definition) is 1. The Morgan fingerprint density at radius 1 is 1.11 bits per heavy atom. The summed E-state index contributed by atoms with van der Waals surface area (Å²) in [6.07, 6.45) is 2.29. The zero-order valence-corrected chi connectivity index (χ0v) is 11.4. The van der Waals surface area contributed by atoms with Crippen molar-refractivity contribution in [2.24, 2.45) is 0 Å². The molecule has 1 aliphatic rings. The van der Waals surface area contributed by atoms with E-state index in [0.29, 0.717) is 11.6 Å². The van der Waals surface area contributed by atoms with Crippen LogP contribution in [0, 0.1) is 0 Å². The van der Waals surface area contributed by atoms with Gasteiger partial charge >= 0.3 is 0 Å². The predicted octanol–water partition coefficient (Wildman–Crippen LogP) is 4.28. The fraction of sp³-hybridized carbons (Fsp3) is 0.250. The minimum Gasteiger partial charge on any atom is -0.487 e. The number of ether oxygens (including phenoxy) is 1. The van der Waals surface area contributed by atoms with Crippen molar-refractivity contribution < 1.29 is 4.74 Å². The summed E-state index contributed by atoms with van der Waals surface area (Å²) >= 11 is 6.10. The molecule has 0 aliphatic carbocycles. The third-order valence-electron chi connectivity index (χ3n) is 3.41. The fourth-order valence-electron chi connectivity index (χ4n) is 2.44. The van der Waals surface area contributed by atoms with E-state index in [2.05, 4.69) is 23.5 Å². The molecule has 2 aromatic rings. The molecule has 0 spiro atoms. The average molecular weight is 274 g/mol. The lowest BCUT2D eigenvalue weighted by molar-refractivity contribution is 0.305. The highest BCUT2D eigenvalue weighted by Gasteiger charge is 2.12. The summed E-state index contributed by atoms with van der Waals surface area (Å²) < 4.78 is 5.83. The van der Waals surface area contributed by atoms with Crippen LogP contribution in [0.25, 0.3) is 0 Å². The van der Waals surface area contributed by atoms with E-state index in [-0.39, 0.29) is 0 Å². The molecule has 19 heavy (non-hydrogen) atoms. The van der Waals surface area contributed by atoms with Crippen LogP contribution < -0.4 is 10.1 Å². The molecule has 0 fully saturated rings. The van der Waals surface area contributed by atoms with Crippen molar-refractivity contribution in [3.63, 3.8) is 0 Å². The number of nitrogens with one attached hydrogen (secondary N) is 1. The molecule has 0 saturated heterocycles. The van der Waals surface area contributed by atoms with Gasteiger partial charge in [-0.1, -0.05) is 35.9 Å². The maximum atomic E-state index is 6.10. The first-order valence-corrected chi connectivity index (χ1v) is 6.94. The third kappa shape index (κ3) is 2.69. The fourth-order valence-corrected chi connectivity index (χ4v) is 2.63. The van der Waals surface area contributed by atoms with Gasteiger partial charge in [0.1, 0.15) is 12.4 Å². The molecule has 2 aromatic carbocycles. The predicted molar refractivity (Wildman–Crippen MR) is 79.0 cm³/mol. The standard InChI is InChI=1S/C16H16ClNO/c17-14-7-1-2-9-16(14)19-11-12-5-3-8-15-13(12)6-4-10-18-15/h1-3,5,7-9,18H,4,6,10-11H2. The van der Waals surface area contributed by atoms with E-state index in [0.717, 1.165) is 18.7 Å². The first-order chi connectivity index (χ1) is 9.34. The Bertz CT molecular complexity index is 583. The first kappa shape index (κ1) is 12.4. The van der Waals surface area contributed by atoms with Gasteiger partial charge in [-0.05, 0) is 42.2 Å². The number of para-hydroxylation sites is 1. The molecule has 0 saturated carbocycles. The lowest BCUT2D eigenvalue weighted by atomic mass is 9.98. The maximum Gasteiger partial charge on any atom is 0.138 e. The van der Waals surface area contributed by atoms with E-state index in [4.69, 9.17) is 16.3 Å². The number of anilines is 1. The van der Waals surface area contributed by atoms with E-state index in [1.807, 2.05) is 24.3 Å². The van der Waals surface area contributed by atoms with Crippen LogP contribution >= 0.6 is 11.6 Å². The SMILES string of the molecule is Clc1ccccc1OCc1cccc2c1CCCN2. The van der Waals surface area contributed by atoms with Crippen LogP contribution in [0.2, 0.25) is 5.02 Å². The van der Waals surface area contributed by atoms with Gasteiger partial charge < -0.3 is 10.1 Å². The highest BCUT2D eigenvalue weighted by molar-refractivity contribution is 6.32. The van der Waals surface area contributed by atoms with Gasteiger partial charge in [0.05, 0.1) is 5.02 Å². The Kier molecular flexibility index (Phi) is 3.60. The maximum absolute atomic E-state index is 6.10. The smallest absolute Gasteiger partial charge is 0.138 e. The molecule has 0 bridgehead atoms. The molecule has 0 radical (unpaired) electrons. The van der Waals surface area contributed by atoms with Crippen LogP contribution in [0.4, 0.5) is 5.69 Å². The minimum absolute atomic E-state index is 0.564. The van der Waals surface area contributed by atoms with E-state index in [1.165, 1.54) is 23.2 Å². The molecule has 1 aliphatic heterocycles. The van der Waals surface area contributed by atoms with Gasteiger partial charge in [-0.25, -0.2) is 0 Å². The van der Waals surface area contributed by atoms with Crippen molar-refractivity contribution in [2.45, 2.75) is 19.4 Å². The number of fused-ring (bicyclic) bond motifs is 1. The zero-order valence-electron chi connectivity index (χ0n) is 10.7. The number of benzene rings is 2. The molecule has 1 heterocycles. The zero-order chi connectivity index (χ0) is 13.1. The van der Waals surface area contributed by atoms with Crippen LogP contribution in [0.1, 0.15) is 17.5 Å². The quantitative estimate of drug-likeness (QED) is 0.901. The van der Waals surface area contributed by atoms with Crippen LogP contribution in [0.15, 0.2) is 42.5 Å². The Hall–Kier alpha value is -1.67. The highest BCUT2D eigenvalue weighted by Crippen LogP contribution is 2.28. The van der Waals surface area contributed by atoms with Gasteiger partial charge in [0.2, 0.25) is 0 Å². The minimum atomic E-state index is 0.564. The number of halogens is 1. The van der Waals surface area contributed by atoms with Crippen LogP contribution in [-0.4, -0.2) is 6.54 Å². The highest BCUT2D eigenvalue weighted by atomic mass is 35.5. The summed E-state index contributed by atoms with van der Waals surface area (Å²) in [6.45, 7) is 1.62. The normalized spacial score (nSPS) is 13.5. The Labute approximate surface area is 118 Å². The van der Waals surface area contributed by atoms with Crippen molar-refractivity contribution in [2.75, 3.05) is 11.9 Å². The molecule has 0 unspecified atom stereocenters. The largest absolute Gasteiger partial charge is 0.487 e. The molecule has 1 N–H and O–H groups in total. The topological polar surface area (TPSA) is 21.3 Å². The van der Waals surface area contributed by atoms with Gasteiger partial charge in [0.25, 0.3) is 0 Å². The van der Waals surface area contributed by atoms with E-state index in [1.54, 1.807) is 0 Å². The summed E-state index contributed by atoms with van der Waals surface area (Å²) in [5.41, 5.74) is 3.86. The Morgan fingerprint density at radius 2 is 2.00 bits per heavy atom. The van der Waals surface area contributed by atoms with Crippen LogP contribution in [0.5, 0.6) is 5.75 Å². The molecular formula is C16H16ClNO. The molecule has 2 nitrogen and oxygen atoms in total. The summed E-state index contributed by atoms with van der Waals surface area (Å²) in [5, 5.41) is 4.09. The van der Waals surface area contributed by atoms with E-state index in [9.17, 15) is 0 Å². The molecule has 0 aromatic heterocycles. The first-order valence-electron chi connectivity index (χ1n) is 6.56.